The highest BCUT2D eigenvalue weighted by Gasteiger charge is 2.32. The zero-order chi connectivity index (χ0) is 13.6. The molecule has 1 unspecified atom stereocenters. The fourth-order valence-electron chi connectivity index (χ4n) is 2.99. The molecular weight excluding hydrogens is 234 g/mol. The van der Waals surface area contributed by atoms with Crippen molar-refractivity contribution in [1.29, 1.82) is 0 Å². The van der Waals surface area contributed by atoms with Crippen LogP contribution in [0.2, 0.25) is 0 Å². The Labute approximate surface area is 117 Å². The molecule has 1 aromatic rings. The highest BCUT2D eigenvalue weighted by molar-refractivity contribution is 5.31. The van der Waals surface area contributed by atoms with E-state index in [9.17, 15) is 0 Å². The maximum Gasteiger partial charge on any atom is 0.0471 e. The average Bonchev–Trinajstić information content (AvgIpc) is 2.47. The lowest BCUT2D eigenvalue weighted by Gasteiger charge is -2.37. The first kappa shape index (κ1) is 14.5. The molecule has 0 radical (unpaired) electrons. The summed E-state index contributed by atoms with van der Waals surface area (Å²) in [5, 5.41) is 0. The summed E-state index contributed by atoms with van der Waals surface area (Å²) in [4.78, 5) is 0. The molecule has 0 aliphatic heterocycles. The molecule has 2 rings (SSSR count). The van der Waals surface area contributed by atoms with E-state index in [4.69, 9.17) is 10.5 Å². The number of ether oxygens (including phenoxy) is 1. The summed E-state index contributed by atoms with van der Waals surface area (Å²) in [5.74, 6) is 0. The molecule has 1 atom stereocenters. The summed E-state index contributed by atoms with van der Waals surface area (Å²) in [7, 11) is 0. The third-order valence-corrected chi connectivity index (χ3v) is 4.46. The van der Waals surface area contributed by atoms with E-state index in [-0.39, 0.29) is 5.41 Å². The number of aryl methyl sites for hydroxylation is 1. The molecule has 1 aliphatic rings. The lowest BCUT2D eigenvalue weighted by Crippen LogP contribution is -2.37. The Balaban J connectivity index is 1.90. The summed E-state index contributed by atoms with van der Waals surface area (Å²) in [6.07, 6.45) is 6.96. The number of hydrogen-bond acceptors (Lipinski definition) is 2. The summed E-state index contributed by atoms with van der Waals surface area (Å²) in [6, 6.07) is 8.80. The van der Waals surface area contributed by atoms with E-state index in [1.165, 1.54) is 36.8 Å². The van der Waals surface area contributed by atoms with Crippen LogP contribution in [-0.2, 0) is 17.6 Å². The topological polar surface area (TPSA) is 35.2 Å². The Bertz CT molecular complexity index is 391. The van der Waals surface area contributed by atoms with Gasteiger partial charge in [-0.15, -0.1) is 0 Å². The van der Waals surface area contributed by atoms with Gasteiger partial charge in [0.2, 0.25) is 0 Å². The van der Waals surface area contributed by atoms with Crippen LogP contribution in [0, 0.1) is 5.41 Å². The fourth-order valence-corrected chi connectivity index (χ4v) is 2.99. The smallest absolute Gasteiger partial charge is 0.0471 e. The zero-order valence-electron chi connectivity index (χ0n) is 12.2. The Morgan fingerprint density at radius 3 is 2.74 bits per heavy atom. The van der Waals surface area contributed by atoms with Gasteiger partial charge in [-0.05, 0) is 55.2 Å². The van der Waals surface area contributed by atoms with E-state index in [0.717, 1.165) is 32.6 Å². The van der Waals surface area contributed by atoms with Crippen molar-refractivity contribution in [3.63, 3.8) is 0 Å². The second-order valence-corrected chi connectivity index (χ2v) is 5.87. The maximum atomic E-state index is 6.08. The molecule has 1 aliphatic carbocycles. The first-order chi connectivity index (χ1) is 9.29. The van der Waals surface area contributed by atoms with E-state index in [1.54, 1.807) is 0 Å². The van der Waals surface area contributed by atoms with Gasteiger partial charge in [0.1, 0.15) is 0 Å². The van der Waals surface area contributed by atoms with Crippen molar-refractivity contribution in [2.75, 3.05) is 19.8 Å². The molecule has 2 nitrogen and oxygen atoms in total. The molecule has 106 valence electrons. The minimum Gasteiger partial charge on any atom is -0.381 e. The van der Waals surface area contributed by atoms with Gasteiger partial charge in [0.15, 0.2) is 0 Å². The van der Waals surface area contributed by atoms with Crippen LogP contribution in [0.3, 0.4) is 0 Å². The van der Waals surface area contributed by atoms with E-state index < -0.39 is 0 Å². The molecule has 0 saturated heterocycles. The second-order valence-electron chi connectivity index (χ2n) is 5.87. The van der Waals surface area contributed by atoms with Crippen LogP contribution < -0.4 is 5.73 Å². The molecule has 2 heteroatoms. The first-order valence-corrected chi connectivity index (χ1v) is 7.64. The molecule has 0 bridgehead atoms. The largest absolute Gasteiger partial charge is 0.381 e. The number of unbranched alkanes of at least 4 members (excludes halogenated alkanes) is 1. The summed E-state index contributed by atoms with van der Waals surface area (Å²) in [6.45, 7) is 4.73. The number of rotatable bonds is 7. The lowest BCUT2D eigenvalue weighted by molar-refractivity contribution is 0.0873. The molecule has 19 heavy (non-hydrogen) atoms. The van der Waals surface area contributed by atoms with Gasteiger partial charge in [0.25, 0.3) is 0 Å². The van der Waals surface area contributed by atoms with Crippen LogP contribution in [-0.4, -0.2) is 19.8 Å². The summed E-state index contributed by atoms with van der Waals surface area (Å²) < 4.78 is 5.74. The highest BCUT2D eigenvalue weighted by atomic mass is 16.5. The van der Waals surface area contributed by atoms with Gasteiger partial charge in [-0.1, -0.05) is 37.6 Å². The van der Waals surface area contributed by atoms with E-state index in [2.05, 4.69) is 31.2 Å². The molecule has 0 aromatic heterocycles. The Morgan fingerprint density at radius 1 is 1.21 bits per heavy atom. The normalized spacial score (nSPS) is 22.2. The summed E-state index contributed by atoms with van der Waals surface area (Å²) >= 11 is 0. The van der Waals surface area contributed by atoms with Crippen LogP contribution >= 0.6 is 0 Å². The zero-order valence-corrected chi connectivity index (χ0v) is 12.2. The minimum absolute atomic E-state index is 0.264. The molecule has 0 saturated carbocycles. The van der Waals surface area contributed by atoms with Gasteiger partial charge < -0.3 is 10.5 Å². The number of fused-ring (bicyclic) bond motifs is 1. The molecule has 2 N–H and O–H groups in total. The van der Waals surface area contributed by atoms with Crippen LogP contribution in [0.25, 0.3) is 0 Å². The fraction of sp³-hybridized carbons (Fsp3) is 0.647. The van der Waals surface area contributed by atoms with Crippen molar-refractivity contribution in [2.24, 2.45) is 11.1 Å². The molecule has 0 spiro atoms. The quantitative estimate of drug-likeness (QED) is 0.764. The van der Waals surface area contributed by atoms with Crippen LogP contribution in [0.15, 0.2) is 24.3 Å². The Kier molecular flexibility index (Phi) is 5.41. The van der Waals surface area contributed by atoms with Gasteiger partial charge >= 0.3 is 0 Å². The third-order valence-electron chi connectivity index (χ3n) is 4.46. The second kappa shape index (κ2) is 7.06. The van der Waals surface area contributed by atoms with Gasteiger partial charge in [-0.3, -0.25) is 0 Å². The van der Waals surface area contributed by atoms with Gasteiger partial charge in [0.05, 0.1) is 0 Å². The Hall–Kier alpha value is -0.860. The van der Waals surface area contributed by atoms with Crippen molar-refractivity contribution >= 4 is 0 Å². The Morgan fingerprint density at radius 2 is 2.00 bits per heavy atom. The van der Waals surface area contributed by atoms with E-state index >= 15 is 0 Å². The third kappa shape index (κ3) is 3.80. The summed E-state index contributed by atoms with van der Waals surface area (Å²) in [5.41, 5.74) is 9.35. The van der Waals surface area contributed by atoms with Crippen molar-refractivity contribution in [3.05, 3.63) is 35.4 Å². The maximum absolute atomic E-state index is 6.08. The predicted molar refractivity (Wildman–Crippen MR) is 80.3 cm³/mol. The molecule has 0 amide bonds. The van der Waals surface area contributed by atoms with Crippen LogP contribution in [0.5, 0.6) is 0 Å². The number of nitrogens with two attached hydrogens (primary N) is 1. The number of hydrogen-bond donors (Lipinski definition) is 1. The van der Waals surface area contributed by atoms with Crippen molar-refractivity contribution in [2.45, 2.75) is 45.4 Å². The van der Waals surface area contributed by atoms with Crippen molar-refractivity contribution < 1.29 is 4.74 Å². The average molecular weight is 261 g/mol. The van der Waals surface area contributed by atoms with Crippen LogP contribution in [0.1, 0.15) is 43.7 Å². The van der Waals surface area contributed by atoms with Gasteiger partial charge in [0, 0.05) is 13.2 Å². The minimum atomic E-state index is 0.264. The SMILES string of the molecule is CCCCOCCC1(CN)CCc2ccccc2C1. The van der Waals surface area contributed by atoms with Gasteiger partial charge in [-0.25, -0.2) is 0 Å². The molecule has 0 fully saturated rings. The number of benzene rings is 1. The highest BCUT2D eigenvalue weighted by Crippen LogP contribution is 2.37. The molecule has 1 aromatic carbocycles. The van der Waals surface area contributed by atoms with E-state index in [1.807, 2.05) is 0 Å². The van der Waals surface area contributed by atoms with Gasteiger partial charge in [-0.2, -0.15) is 0 Å². The van der Waals surface area contributed by atoms with Crippen molar-refractivity contribution in [1.82, 2.24) is 0 Å². The standard InChI is InChI=1S/C17H27NO/c1-2-3-11-19-12-10-17(14-18)9-8-15-6-4-5-7-16(15)13-17/h4-7H,2-3,8-14,18H2,1H3. The predicted octanol–water partition coefficient (Wildman–Crippen LogP) is 3.33. The van der Waals surface area contributed by atoms with E-state index in [0.29, 0.717) is 0 Å². The lowest BCUT2D eigenvalue weighted by atomic mass is 9.70. The van der Waals surface area contributed by atoms with Crippen molar-refractivity contribution in [3.8, 4) is 0 Å². The molecule has 0 heterocycles. The first-order valence-electron chi connectivity index (χ1n) is 7.64. The van der Waals surface area contributed by atoms with Crippen LogP contribution in [0.4, 0.5) is 0 Å². The monoisotopic (exact) mass is 261 g/mol. The molecular formula is C17H27NO.